The number of aryl methyl sites for hydroxylation is 1. The van der Waals surface area contributed by atoms with Gasteiger partial charge in [0.2, 0.25) is 5.91 Å². The van der Waals surface area contributed by atoms with Crippen LogP contribution in [0.4, 0.5) is 0 Å². The molecule has 1 atom stereocenters. The fourth-order valence-corrected chi connectivity index (χ4v) is 3.65. The quantitative estimate of drug-likeness (QED) is 0.717. The zero-order valence-electron chi connectivity index (χ0n) is 13.3. The van der Waals surface area contributed by atoms with Crippen LogP contribution in [-0.4, -0.2) is 46.8 Å². The highest BCUT2D eigenvalue weighted by atomic mass is 32.1. The van der Waals surface area contributed by atoms with Crippen molar-refractivity contribution in [2.24, 2.45) is 0 Å². The van der Waals surface area contributed by atoms with Gasteiger partial charge in [-0.25, -0.2) is 4.68 Å². The summed E-state index contributed by atoms with van der Waals surface area (Å²) in [7, 11) is 1.82. The minimum absolute atomic E-state index is 0.0597. The predicted octanol–water partition coefficient (Wildman–Crippen LogP) is 1.60. The first-order chi connectivity index (χ1) is 11.7. The van der Waals surface area contributed by atoms with Crippen molar-refractivity contribution in [1.82, 2.24) is 33.9 Å². The van der Waals surface area contributed by atoms with Crippen LogP contribution < -0.4 is 0 Å². The molecule has 8 nitrogen and oxygen atoms in total. The average molecular weight is 343 g/mol. The molecule has 1 aliphatic rings. The number of nitrogens with zero attached hydrogens (tertiary/aromatic N) is 7. The number of benzene rings is 1. The maximum absolute atomic E-state index is 12.9. The van der Waals surface area contributed by atoms with Gasteiger partial charge in [-0.15, -0.1) is 5.10 Å². The molecule has 1 aliphatic heterocycles. The summed E-state index contributed by atoms with van der Waals surface area (Å²) >= 11 is 1.20. The predicted molar refractivity (Wildman–Crippen MR) is 88.3 cm³/mol. The second-order valence-corrected chi connectivity index (χ2v) is 6.62. The van der Waals surface area contributed by atoms with Crippen LogP contribution in [0.25, 0.3) is 11.0 Å². The van der Waals surface area contributed by atoms with Crippen molar-refractivity contribution in [1.29, 1.82) is 0 Å². The molecule has 0 saturated carbocycles. The smallest absolute Gasteiger partial charge is 0.233 e. The van der Waals surface area contributed by atoms with Crippen LogP contribution in [0.5, 0.6) is 0 Å². The fourth-order valence-electron chi connectivity index (χ4n) is 3.14. The maximum atomic E-state index is 12.9. The summed E-state index contributed by atoms with van der Waals surface area (Å²) < 4.78 is 10.2. The molecule has 1 aromatic carbocycles. The molecule has 0 fully saturated rings. The largest absolute Gasteiger partial charge is 0.341 e. The summed E-state index contributed by atoms with van der Waals surface area (Å²) in [6.07, 6.45) is 2.78. The Morgan fingerprint density at radius 1 is 1.33 bits per heavy atom. The van der Waals surface area contributed by atoms with Crippen LogP contribution in [-0.2, 0) is 17.9 Å². The fraction of sp³-hybridized carbons (Fsp3) is 0.467. The number of carbonyl (C=O) groups is 1. The van der Waals surface area contributed by atoms with Gasteiger partial charge in [-0.2, -0.15) is 8.75 Å². The van der Waals surface area contributed by atoms with Crippen LogP contribution >= 0.6 is 11.7 Å². The first-order valence-corrected chi connectivity index (χ1v) is 8.67. The van der Waals surface area contributed by atoms with Crippen molar-refractivity contribution in [2.45, 2.75) is 38.3 Å². The van der Waals surface area contributed by atoms with E-state index in [1.54, 1.807) is 9.58 Å². The van der Waals surface area contributed by atoms with Gasteiger partial charge < -0.3 is 4.90 Å². The summed E-state index contributed by atoms with van der Waals surface area (Å²) in [4.78, 5) is 14.7. The Balaban J connectivity index is 1.53. The Bertz CT molecular complexity index is 873. The van der Waals surface area contributed by atoms with Crippen molar-refractivity contribution < 1.29 is 4.79 Å². The molecule has 0 aliphatic carbocycles. The third-order valence-electron chi connectivity index (χ3n) is 4.40. The monoisotopic (exact) mass is 343 g/mol. The number of hydrogen-bond acceptors (Lipinski definition) is 7. The van der Waals surface area contributed by atoms with E-state index in [1.807, 2.05) is 25.2 Å². The van der Waals surface area contributed by atoms with Crippen molar-refractivity contribution in [3.8, 4) is 0 Å². The van der Waals surface area contributed by atoms with Crippen molar-refractivity contribution in [3.63, 3.8) is 0 Å². The lowest BCUT2D eigenvalue weighted by atomic mass is 10.0. The van der Waals surface area contributed by atoms with E-state index in [-0.39, 0.29) is 11.8 Å². The van der Waals surface area contributed by atoms with E-state index < -0.39 is 0 Å². The Kier molecular flexibility index (Phi) is 3.93. The maximum Gasteiger partial charge on any atom is 0.233 e. The molecule has 0 saturated heterocycles. The van der Waals surface area contributed by atoms with Crippen LogP contribution in [0, 0.1) is 0 Å². The molecule has 0 radical (unpaired) electrons. The lowest BCUT2D eigenvalue weighted by Gasteiger charge is -2.22. The number of tetrazole rings is 1. The van der Waals surface area contributed by atoms with E-state index >= 15 is 0 Å². The number of amides is 1. The molecule has 0 bridgehead atoms. The number of aromatic nitrogens is 6. The first kappa shape index (κ1) is 15.1. The topological polar surface area (TPSA) is 89.7 Å². The zero-order chi connectivity index (χ0) is 16.5. The van der Waals surface area contributed by atoms with Crippen molar-refractivity contribution >= 4 is 28.7 Å². The molecule has 9 heteroatoms. The minimum atomic E-state index is -0.267. The lowest BCUT2D eigenvalue weighted by molar-refractivity contribution is -0.132. The van der Waals surface area contributed by atoms with E-state index in [2.05, 4.69) is 24.3 Å². The summed E-state index contributed by atoms with van der Waals surface area (Å²) in [6, 6.07) is 5.92. The van der Waals surface area contributed by atoms with Gasteiger partial charge in [-0.05, 0) is 41.0 Å². The summed E-state index contributed by atoms with van der Waals surface area (Å²) in [6.45, 7) is 1.31. The summed E-state index contributed by atoms with van der Waals surface area (Å²) in [5, 5.41) is 11.8. The molecule has 24 heavy (non-hydrogen) atoms. The Hall–Kier alpha value is -2.42. The van der Waals surface area contributed by atoms with Crippen LogP contribution in [0.1, 0.15) is 36.6 Å². The molecule has 3 aromatic rings. The van der Waals surface area contributed by atoms with Crippen LogP contribution in [0.2, 0.25) is 0 Å². The highest BCUT2D eigenvalue weighted by Gasteiger charge is 2.30. The number of fused-ring (bicyclic) bond motifs is 2. The minimum Gasteiger partial charge on any atom is -0.341 e. The lowest BCUT2D eigenvalue weighted by Crippen LogP contribution is -2.32. The second-order valence-electron chi connectivity index (χ2n) is 6.09. The van der Waals surface area contributed by atoms with E-state index in [0.29, 0.717) is 12.4 Å². The molecule has 124 valence electrons. The van der Waals surface area contributed by atoms with Gasteiger partial charge in [0, 0.05) is 20.1 Å². The molecule has 1 amide bonds. The molecule has 0 spiro atoms. The Labute approximate surface area is 142 Å². The molecular formula is C15H17N7OS. The van der Waals surface area contributed by atoms with Gasteiger partial charge in [-0.1, -0.05) is 12.5 Å². The highest BCUT2D eigenvalue weighted by molar-refractivity contribution is 7.00. The SMILES string of the molecule is CN(Cc1ccc2nsnc2c1)C(=O)[C@H]1CCCCn2nnnc21. The normalized spacial score (nSPS) is 17.5. The molecular weight excluding hydrogens is 326 g/mol. The van der Waals surface area contributed by atoms with Gasteiger partial charge in [-0.3, -0.25) is 4.79 Å². The Morgan fingerprint density at radius 2 is 2.21 bits per heavy atom. The van der Waals surface area contributed by atoms with E-state index in [1.165, 1.54) is 11.7 Å². The zero-order valence-corrected chi connectivity index (χ0v) is 14.1. The summed E-state index contributed by atoms with van der Waals surface area (Å²) in [5.74, 6) is 0.477. The standard InChI is InChI=1S/C15H17N7OS/c1-21(9-10-5-6-12-13(8-10)18-24-17-12)15(23)11-4-2-3-7-22-14(11)16-19-20-22/h5-6,8,11H,2-4,7,9H2,1H3/t11-/m0/s1. The number of hydrogen-bond donors (Lipinski definition) is 0. The molecule has 0 N–H and O–H groups in total. The molecule has 0 unspecified atom stereocenters. The Morgan fingerprint density at radius 3 is 3.12 bits per heavy atom. The van der Waals surface area contributed by atoms with E-state index in [0.717, 1.165) is 42.4 Å². The summed E-state index contributed by atoms with van der Waals surface area (Å²) in [5.41, 5.74) is 2.80. The van der Waals surface area contributed by atoms with Gasteiger partial charge in [0.05, 0.1) is 17.6 Å². The number of rotatable bonds is 3. The van der Waals surface area contributed by atoms with Crippen molar-refractivity contribution in [2.75, 3.05) is 7.05 Å². The number of likely N-dealkylation sites (N-methyl/N-ethyl adjacent to an activating group) is 1. The third kappa shape index (κ3) is 2.75. The van der Waals surface area contributed by atoms with E-state index in [9.17, 15) is 4.79 Å². The van der Waals surface area contributed by atoms with Gasteiger partial charge in [0.25, 0.3) is 0 Å². The van der Waals surface area contributed by atoms with E-state index in [4.69, 9.17) is 0 Å². The van der Waals surface area contributed by atoms with Gasteiger partial charge >= 0.3 is 0 Å². The number of carbonyl (C=O) groups excluding carboxylic acids is 1. The molecule has 3 heterocycles. The first-order valence-electron chi connectivity index (χ1n) is 7.94. The van der Waals surface area contributed by atoms with Gasteiger partial charge in [0.15, 0.2) is 5.82 Å². The average Bonchev–Trinajstić information content (AvgIpc) is 3.19. The third-order valence-corrected chi connectivity index (χ3v) is 4.95. The second kappa shape index (κ2) is 6.23. The van der Waals surface area contributed by atoms with Crippen LogP contribution in [0.3, 0.4) is 0 Å². The van der Waals surface area contributed by atoms with Gasteiger partial charge in [0.1, 0.15) is 11.0 Å². The van der Waals surface area contributed by atoms with Crippen LogP contribution in [0.15, 0.2) is 18.2 Å². The van der Waals surface area contributed by atoms with Crippen molar-refractivity contribution in [3.05, 3.63) is 29.6 Å². The highest BCUT2D eigenvalue weighted by Crippen LogP contribution is 2.26. The molecule has 2 aromatic heterocycles. The molecule has 4 rings (SSSR count).